The molecule has 1 heterocycles. The predicted molar refractivity (Wildman–Crippen MR) is 81.6 cm³/mol. The fourth-order valence-corrected chi connectivity index (χ4v) is 3.22. The molecule has 0 fully saturated rings. The molecule has 1 aromatic carbocycles. The third-order valence-electron chi connectivity index (χ3n) is 4.23. The van der Waals surface area contributed by atoms with Gasteiger partial charge in [-0.3, -0.25) is 0 Å². The van der Waals surface area contributed by atoms with Gasteiger partial charge in [0, 0.05) is 24.1 Å². The Labute approximate surface area is 121 Å². The second-order valence-corrected chi connectivity index (χ2v) is 5.66. The van der Waals surface area contributed by atoms with Crippen LogP contribution in [0, 0.1) is 0 Å². The van der Waals surface area contributed by atoms with Crippen LogP contribution in [0.3, 0.4) is 0 Å². The van der Waals surface area contributed by atoms with E-state index in [1.807, 2.05) is 6.26 Å². The number of hydrogen-bond donors (Lipinski definition) is 1. The topological polar surface area (TPSA) is 25.2 Å². The summed E-state index contributed by atoms with van der Waals surface area (Å²) in [6.45, 7) is 2.25. The van der Waals surface area contributed by atoms with Crippen LogP contribution in [0.4, 0.5) is 0 Å². The molecular weight excluding hydrogens is 246 g/mol. The van der Waals surface area contributed by atoms with Gasteiger partial charge in [0.15, 0.2) is 0 Å². The zero-order valence-corrected chi connectivity index (χ0v) is 12.1. The van der Waals surface area contributed by atoms with Crippen LogP contribution >= 0.6 is 0 Å². The molecule has 1 aromatic heterocycles. The maximum Gasteiger partial charge on any atom is 0.108 e. The summed E-state index contributed by atoms with van der Waals surface area (Å²) >= 11 is 0. The summed E-state index contributed by atoms with van der Waals surface area (Å²) in [6.07, 6.45) is 7.71. The summed E-state index contributed by atoms with van der Waals surface area (Å²) in [6, 6.07) is 13.8. The van der Waals surface area contributed by atoms with Gasteiger partial charge in [-0.25, -0.2) is 0 Å². The predicted octanol–water partition coefficient (Wildman–Crippen LogP) is 4.79. The zero-order chi connectivity index (χ0) is 13.8. The average molecular weight is 269 g/mol. The van der Waals surface area contributed by atoms with E-state index in [9.17, 15) is 0 Å². The van der Waals surface area contributed by atoms with Gasteiger partial charge in [0.05, 0.1) is 6.26 Å². The van der Waals surface area contributed by atoms with E-state index in [1.54, 1.807) is 0 Å². The van der Waals surface area contributed by atoms with Gasteiger partial charge in [0.2, 0.25) is 0 Å². The molecular formula is C18H23NO. The molecule has 2 unspecified atom stereocenters. The molecule has 2 heteroatoms. The van der Waals surface area contributed by atoms with Gasteiger partial charge in [-0.05, 0) is 30.9 Å². The standard InChI is InChI=1S/C18H23NO/c1-2-7-16(14-8-4-3-5-9-14)19-17-10-6-11-18-15(17)12-13-20-18/h3-5,8-9,12-13,16-17,19H,2,6-7,10-11H2,1H3. The van der Waals surface area contributed by atoms with E-state index >= 15 is 0 Å². The van der Waals surface area contributed by atoms with Gasteiger partial charge in [-0.15, -0.1) is 0 Å². The van der Waals surface area contributed by atoms with E-state index in [-0.39, 0.29) is 0 Å². The van der Waals surface area contributed by atoms with E-state index in [0.717, 1.165) is 6.42 Å². The minimum absolute atomic E-state index is 0.437. The van der Waals surface area contributed by atoms with Crippen molar-refractivity contribution in [2.45, 2.75) is 51.1 Å². The number of nitrogens with one attached hydrogen (secondary N) is 1. The first kappa shape index (κ1) is 13.4. The van der Waals surface area contributed by atoms with Crippen molar-refractivity contribution in [2.75, 3.05) is 0 Å². The van der Waals surface area contributed by atoms with Crippen molar-refractivity contribution >= 4 is 0 Å². The lowest BCUT2D eigenvalue weighted by Crippen LogP contribution is -2.28. The van der Waals surface area contributed by atoms with Gasteiger partial charge in [-0.2, -0.15) is 0 Å². The Morgan fingerprint density at radius 2 is 2.10 bits per heavy atom. The Morgan fingerprint density at radius 3 is 2.90 bits per heavy atom. The molecule has 20 heavy (non-hydrogen) atoms. The molecule has 106 valence electrons. The van der Waals surface area contributed by atoms with Gasteiger partial charge < -0.3 is 9.73 Å². The van der Waals surface area contributed by atoms with E-state index in [2.05, 4.69) is 48.6 Å². The first-order chi connectivity index (χ1) is 9.88. The molecule has 0 spiro atoms. The van der Waals surface area contributed by atoms with E-state index < -0.39 is 0 Å². The highest BCUT2D eigenvalue weighted by molar-refractivity contribution is 5.26. The van der Waals surface area contributed by atoms with Crippen molar-refractivity contribution in [1.29, 1.82) is 0 Å². The number of furan rings is 1. The summed E-state index contributed by atoms with van der Waals surface area (Å²) in [5, 5.41) is 3.86. The van der Waals surface area contributed by atoms with Crippen LogP contribution in [0.5, 0.6) is 0 Å². The Kier molecular flexibility index (Phi) is 4.22. The largest absolute Gasteiger partial charge is 0.469 e. The van der Waals surface area contributed by atoms with Crippen molar-refractivity contribution < 1.29 is 4.42 Å². The van der Waals surface area contributed by atoms with Crippen LogP contribution in [0.15, 0.2) is 47.1 Å². The molecule has 1 aliphatic carbocycles. The third-order valence-corrected chi connectivity index (χ3v) is 4.23. The number of hydrogen-bond acceptors (Lipinski definition) is 2. The average Bonchev–Trinajstić information content (AvgIpc) is 2.97. The van der Waals surface area contributed by atoms with E-state index in [4.69, 9.17) is 4.42 Å². The number of fused-ring (bicyclic) bond motifs is 1. The molecule has 1 aliphatic rings. The summed E-state index contributed by atoms with van der Waals surface area (Å²) in [7, 11) is 0. The highest BCUT2D eigenvalue weighted by atomic mass is 16.3. The van der Waals surface area contributed by atoms with Gasteiger partial charge in [0.25, 0.3) is 0 Å². The SMILES string of the molecule is CCCC(NC1CCCc2occc21)c1ccccc1. The lowest BCUT2D eigenvalue weighted by atomic mass is 9.91. The zero-order valence-electron chi connectivity index (χ0n) is 12.1. The number of rotatable bonds is 5. The summed E-state index contributed by atoms with van der Waals surface area (Å²) in [5.74, 6) is 1.18. The van der Waals surface area contributed by atoms with Crippen molar-refractivity contribution in [3.8, 4) is 0 Å². The smallest absolute Gasteiger partial charge is 0.108 e. The molecule has 2 atom stereocenters. The fourth-order valence-electron chi connectivity index (χ4n) is 3.22. The minimum atomic E-state index is 0.437. The first-order valence-corrected chi connectivity index (χ1v) is 7.75. The van der Waals surface area contributed by atoms with Gasteiger partial charge >= 0.3 is 0 Å². The number of benzene rings is 1. The summed E-state index contributed by atoms with van der Waals surface area (Å²) in [5.41, 5.74) is 2.76. The lowest BCUT2D eigenvalue weighted by Gasteiger charge is -2.28. The maximum atomic E-state index is 5.59. The molecule has 3 rings (SSSR count). The normalized spacial score (nSPS) is 19.6. The second kappa shape index (κ2) is 6.27. The molecule has 0 aliphatic heterocycles. The van der Waals surface area contributed by atoms with Crippen LogP contribution in [0.1, 0.15) is 61.6 Å². The molecule has 1 N–H and O–H groups in total. The monoisotopic (exact) mass is 269 g/mol. The molecule has 2 aromatic rings. The highest BCUT2D eigenvalue weighted by Crippen LogP contribution is 2.33. The van der Waals surface area contributed by atoms with Crippen LogP contribution in [-0.2, 0) is 6.42 Å². The molecule has 0 bridgehead atoms. The molecule has 0 amide bonds. The number of aryl methyl sites for hydroxylation is 1. The van der Waals surface area contributed by atoms with Crippen LogP contribution in [-0.4, -0.2) is 0 Å². The van der Waals surface area contributed by atoms with Gasteiger partial charge in [-0.1, -0.05) is 43.7 Å². The maximum absolute atomic E-state index is 5.59. The molecule has 2 nitrogen and oxygen atoms in total. The van der Waals surface area contributed by atoms with Gasteiger partial charge in [0.1, 0.15) is 5.76 Å². The van der Waals surface area contributed by atoms with Crippen molar-refractivity contribution in [2.24, 2.45) is 0 Å². The van der Waals surface area contributed by atoms with Crippen molar-refractivity contribution in [3.63, 3.8) is 0 Å². The Balaban J connectivity index is 1.78. The quantitative estimate of drug-likeness (QED) is 0.844. The van der Waals surface area contributed by atoms with Crippen molar-refractivity contribution in [1.82, 2.24) is 5.32 Å². The second-order valence-electron chi connectivity index (χ2n) is 5.66. The molecule has 0 saturated heterocycles. The van der Waals surface area contributed by atoms with E-state index in [1.165, 1.54) is 42.6 Å². The van der Waals surface area contributed by atoms with E-state index in [0.29, 0.717) is 12.1 Å². The lowest BCUT2D eigenvalue weighted by molar-refractivity contribution is 0.364. The van der Waals surface area contributed by atoms with Crippen LogP contribution in [0.2, 0.25) is 0 Å². The Bertz CT molecular complexity index is 531. The Morgan fingerprint density at radius 1 is 1.25 bits per heavy atom. The molecule has 0 radical (unpaired) electrons. The Hall–Kier alpha value is -1.54. The molecule has 0 saturated carbocycles. The van der Waals surface area contributed by atoms with Crippen LogP contribution < -0.4 is 5.32 Å². The third kappa shape index (κ3) is 2.80. The minimum Gasteiger partial charge on any atom is -0.469 e. The van der Waals surface area contributed by atoms with Crippen molar-refractivity contribution in [3.05, 3.63) is 59.5 Å². The first-order valence-electron chi connectivity index (χ1n) is 7.75. The summed E-state index contributed by atoms with van der Waals surface area (Å²) < 4.78 is 5.59. The highest BCUT2D eigenvalue weighted by Gasteiger charge is 2.25. The van der Waals surface area contributed by atoms with Crippen LogP contribution in [0.25, 0.3) is 0 Å². The summed E-state index contributed by atoms with van der Waals surface area (Å²) in [4.78, 5) is 0. The fraction of sp³-hybridized carbons (Fsp3) is 0.444.